The molecule has 0 radical (unpaired) electrons. The molecule has 0 amide bonds. The van der Waals surface area contributed by atoms with Crippen molar-refractivity contribution < 1.29 is 0 Å². The molecule has 0 atom stereocenters. The molecule has 0 spiro atoms. The van der Waals surface area contributed by atoms with E-state index in [2.05, 4.69) is 15.0 Å². The molecule has 0 saturated heterocycles. The minimum Gasteiger partial charge on any atom is -0.344 e. The molecule has 0 aliphatic carbocycles. The van der Waals surface area contributed by atoms with E-state index in [-0.39, 0.29) is 0 Å². The molecule has 0 bridgehead atoms. The lowest BCUT2D eigenvalue weighted by Crippen LogP contribution is -1.83. The van der Waals surface area contributed by atoms with Crippen LogP contribution in [0, 0.1) is 0 Å². The lowest BCUT2D eigenvalue weighted by Gasteiger charge is -2.00. The molecule has 3 nitrogen and oxygen atoms in total. The molecular weight excluding hydrogens is 281 g/mol. The molecule has 3 rings (SSSR count). The van der Waals surface area contributed by atoms with Gasteiger partial charge in [-0.15, -0.1) is 0 Å². The smallest absolute Gasteiger partial charge is 0.139 e. The third-order valence-electron chi connectivity index (χ3n) is 2.72. The van der Waals surface area contributed by atoms with Crippen molar-refractivity contribution in [2.45, 2.75) is 0 Å². The van der Waals surface area contributed by atoms with E-state index in [0.29, 0.717) is 10.0 Å². The third kappa shape index (κ3) is 2.48. The number of hydrogen-bond acceptors (Lipinski definition) is 2. The maximum Gasteiger partial charge on any atom is 0.139 e. The van der Waals surface area contributed by atoms with Gasteiger partial charge in [0.25, 0.3) is 0 Å². The number of pyridine rings is 1. The zero-order valence-electron chi connectivity index (χ0n) is 9.77. The summed E-state index contributed by atoms with van der Waals surface area (Å²) >= 11 is 12.1. The van der Waals surface area contributed by atoms with Gasteiger partial charge in [-0.3, -0.25) is 4.98 Å². The number of nitrogens with zero attached hydrogens (tertiary/aromatic N) is 2. The summed E-state index contributed by atoms with van der Waals surface area (Å²) in [5, 5.41) is 1.25. The number of imidazole rings is 1. The molecule has 2 heterocycles. The van der Waals surface area contributed by atoms with E-state index in [9.17, 15) is 0 Å². The number of nitrogens with one attached hydrogen (secondary N) is 1. The van der Waals surface area contributed by atoms with Crippen LogP contribution in [0.15, 0.2) is 48.9 Å². The molecule has 19 heavy (non-hydrogen) atoms. The molecule has 0 saturated carbocycles. The normalized spacial score (nSPS) is 10.6. The Balaban J connectivity index is 2.04. The van der Waals surface area contributed by atoms with Crippen molar-refractivity contribution in [2.24, 2.45) is 0 Å². The number of aromatic amines is 1. The van der Waals surface area contributed by atoms with Crippen LogP contribution in [-0.4, -0.2) is 15.0 Å². The highest BCUT2D eigenvalue weighted by molar-refractivity contribution is 6.35. The van der Waals surface area contributed by atoms with Crippen molar-refractivity contribution >= 4 is 23.2 Å². The Morgan fingerprint density at radius 3 is 2.79 bits per heavy atom. The van der Waals surface area contributed by atoms with Crippen molar-refractivity contribution in [2.75, 3.05) is 0 Å². The zero-order valence-corrected chi connectivity index (χ0v) is 11.3. The van der Waals surface area contributed by atoms with Crippen LogP contribution in [0.1, 0.15) is 0 Å². The maximum absolute atomic E-state index is 6.16. The number of halogens is 2. The first kappa shape index (κ1) is 12.2. The van der Waals surface area contributed by atoms with Crippen molar-refractivity contribution in [3.05, 3.63) is 59.0 Å². The van der Waals surface area contributed by atoms with Crippen molar-refractivity contribution in [3.63, 3.8) is 0 Å². The molecule has 0 unspecified atom stereocenters. The van der Waals surface area contributed by atoms with E-state index in [4.69, 9.17) is 23.2 Å². The number of hydrogen-bond donors (Lipinski definition) is 1. The lowest BCUT2D eigenvalue weighted by atomic mass is 10.2. The largest absolute Gasteiger partial charge is 0.344 e. The Morgan fingerprint density at radius 1 is 1.11 bits per heavy atom. The number of benzene rings is 1. The summed E-state index contributed by atoms with van der Waals surface area (Å²) in [6.45, 7) is 0. The van der Waals surface area contributed by atoms with Crippen LogP contribution in [0.25, 0.3) is 22.6 Å². The molecule has 0 aliphatic rings. The van der Waals surface area contributed by atoms with Gasteiger partial charge in [-0.2, -0.15) is 0 Å². The van der Waals surface area contributed by atoms with E-state index >= 15 is 0 Å². The van der Waals surface area contributed by atoms with Gasteiger partial charge in [-0.1, -0.05) is 23.2 Å². The Morgan fingerprint density at radius 2 is 2.00 bits per heavy atom. The van der Waals surface area contributed by atoms with Gasteiger partial charge in [-0.25, -0.2) is 4.98 Å². The summed E-state index contributed by atoms with van der Waals surface area (Å²) in [5.74, 6) is 0.749. The van der Waals surface area contributed by atoms with Crippen LogP contribution >= 0.6 is 23.2 Å². The number of H-pyrrole nitrogens is 1. The van der Waals surface area contributed by atoms with Crippen LogP contribution in [-0.2, 0) is 0 Å². The number of aromatic nitrogens is 3. The van der Waals surface area contributed by atoms with E-state index in [1.807, 2.05) is 12.1 Å². The predicted octanol–water partition coefficient (Wildman–Crippen LogP) is 4.45. The second kappa shape index (κ2) is 5.03. The Kier molecular flexibility index (Phi) is 3.23. The van der Waals surface area contributed by atoms with Crippen molar-refractivity contribution in [1.29, 1.82) is 0 Å². The molecular formula is C14H9Cl2N3. The molecule has 5 heteroatoms. The summed E-state index contributed by atoms with van der Waals surface area (Å²) in [5.41, 5.74) is 2.49. The van der Waals surface area contributed by atoms with Gasteiger partial charge in [0, 0.05) is 34.7 Å². The van der Waals surface area contributed by atoms with E-state index in [1.165, 1.54) is 0 Å². The first-order chi connectivity index (χ1) is 9.24. The summed E-state index contributed by atoms with van der Waals surface area (Å²) in [7, 11) is 0. The van der Waals surface area contributed by atoms with Gasteiger partial charge in [0.15, 0.2) is 0 Å². The standard InChI is InChI=1S/C14H9Cl2N3/c15-10-3-4-12(16)11(6-10)13-8-18-14(19-13)9-2-1-5-17-7-9/h1-8H,(H,18,19). The fourth-order valence-electron chi connectivity index (χ4n) is 1.80. The van der Waals surface area contributed by atoms with Crippen LogP contribution in [0.5, 0.6) is 0 Å². The van der Waals surface area contributed by atoms with Crippen LogP contribution in [0.2, 0.25) is 10.0 Å². The van der Waals surface area contributed by atoms with Crippen molar-refractivity contribution in [1.82, 2.24) is 15.0 Å². The minimum absolute atomic E-state index is 0.619. The van der Waals surface area contributed by atoms with Crippen LogP contribution < -0.4 is 0 Å². The first-order valence-electron chi connectivity index (χ1n) is 5.65. The fraction of sp³-hybridized carbons (Fsp3) is 0. The molecule has 0 aliphatic heterocycles. The highest BCUT2D eigenvalue weighted by atomic mass is 35.5. The van der Waals surface area contributed by atoms with E-state index < -0.39 is 0 Å². The molecule has 1 aromatic carbocycles. The Labute approximate surface area is 120 Å². The lowest BCUT2D eigenvalue weighted by molar-refractivity contribution is 1.26. The third-order valence-corrected chi connectivity index (χ3v) is 3.28. The van der Waals surface area contributed by atoms with Gasteiger partial charge in [-0.05, 0) is 30.3 Å². The Bertz CT molecular complexity index is 708. The quantitative estimate of drug-likeness (QED) is 0.757. The zero-order chi connectivity index (χ0) is 13.2. The SMILES string of the molecule is Clc1ccc(Cl)c(-c2c[nH]c(-c3cccnc3)n2)c1. The summed E-state index contributed by atoms with van der Waals surface area (Å²) in [6.07, 6.45) is 5.28. The summed E-state index contributed by atoms with van der Waals surface area (Å²) in [6, 6.07) is 9.12. The highest BCUT2D eigenvalue weighted by Gasteiger charge is 2.09. The monoisotopic (exact) mass is 289 g/mol. The van der Waals surface area contributed by atoms with Gasteiger partial charge in [0.05, 0.1) is 10.7 Å². The Hall–Kier alpha value is -1.84. The fourth-order valence-corrected chi connectivity index (χ4v) is 2.19. The molecule has 0 fully saturated rings. The second-order valence-electron chi connectivity index (χ2n) is 4.00. The average molecular weight is 290 g/mol. The van der Waals surface area contributed by atoms with Gasteiger partial charge in [0.1, 0.15) is 5.82 Å². The van der Waals surface area contributed by atoms with Gasteiger partial charge < -0.3 is 4.98 Å². The van der Waals surface area contributed by atoms with E-state index in [1.54, 1.807) is 36.8 Å². The molecule has 94 valence electrons. The van der Waals surface area contributed by atoms with Crippen molar-refractivity contribution in [3.8, 4) is 22.6 Å². The topological polar surface area (TPSA) is 41.6 Å². The van der Waals surface area contributed by atoms with E-state index in [0.717, 1.165) is 22.6 Å². The first-order valence-corrected chi connectivity index (χ1v) is 6.41. The average Bonchev–Trinajstić information content (AvgIpc) is 2.92. The summed E-state index contributed by atoms with van der Waals surface area (Å²) in [4.78, 5) is 11.7. The van der Waals surface area contributed by atoms with Gasteiger partial charge >= 0.3 is 0 Å². The highest BCUT2D eigenvalue weighted by Crippen LogP contribution is 2.30. The van der Waals surface area contributed by atoms with Crippen LogP contribution in [0.4, 0.5) is 0 Å². The second-order valence-corrected chi connectivity index (χ2v) is 4.84. The van der Waals surface area contributed by atoms with Gasteiger partial charge in [0.2, 0.25) is 0 Å². The molecule has 1 N–H and O–H groups in total. The molecule has 2 aromatic heterocycles. The predicted molar refractivity (Wildman–Crippen MR) is 77.3 cm³/mol. The molecule has 3 aromatic rings. The van der Waals surface area contributed by atoms with Crippen LogP contribution in [0.3, 0.4) is 0 Å². The number of rotatable bonds is 2. The summed E-state index contributed by atoms with van der Waals surface area (Å²) < 4.78 is 0. The minimum atomic E-state index is 0.619. The maximum atomic E-state index is 6.16.